The van der Waals surface area contributed by atoms with Gasteiger partial charge in [0, 0.05) is 17.0 Å². The molecule has 96 valence electrons. The lowest BCUT2D eigenvalue weighted by molar-refractivity contribution is 0.506. The maximum absolute atomic E-state index is 5.62. The van der Waals surface area contributed by atoms with E-state index in [1.165, 1.54) is 16.5 Å². The minimum atomic E-state index is 0.343. The minimum absolute atomic E-state index is 0.343. The summed E-state index contributed by atoms with van der Waals surface area (Å²) in [5, 5.41) is 4.74. The van der Waals surface area contributed by atoms with Crippen LogP contribution in [0.4, 0.5) is 0 Å². The molecule has 2 nitrogen and oxygen atoms in total. The largest absolute Gasteiger partial charge is 0.464 e. The number of fused-ring (bicyclic) bond motifs is 1. The highest BCUT2D eigenvalue weighted by Gasteiger charge is 2.15. The molecule has 1 heterocycles. The Kier molecular flexibility index (Phi) is 4.21. The Labute approximate surface area is 109 Å². The molecule has 1 aromatic carbocycles. The van der Waals surface area contributed by atoms with E-state index >= 15 is 0 Å². The topological polar surface area (TPSA) is 25.2 Å². The van der Waals surface area contributed by atoms with Gasteiger partial charge >= 0.3 is 0 Å². The SMILES string of the molecule is C=C(C)CCC(NCC)c1coc2ccccc12. The molecule has 0 bridgehead atoms. The summed E-state index contributed by atoms with van der Waals surface area (Å²) in [5.41, 5.74) is 3.45. The highest BCUT2D eigenvalue weighted by molar-refractivity contribution is 5.81. The first-order valence-electron chi connectivity index (χ1n) is 6.56. The van der Waals surface area contributed by atoms with E-state index in [2.05, 4.69) is 37.9 Å². The van der Waals surface area contributed by atoms with Crippen molar-refractivity contribution in [3.63, 3.8) is 0 Å². The van der Waals surface area contributed by atoms with Crippen LogP contribution in [0.15, 0.2) is 47.1 Å². The first kappa shape index (κ1) is 12.9. The third kappa shape index (κ3) is 2.82. The molecule has 0 saturated heterocycles. The highest BCUT2D eigenvalue weighted by Crippen LogP contribution is 2.29. The number of nitrogens with one attached hydrogen (secondary N) is 1. The van der Waals surface area contributed by atoms with Gasteiger partial charge in [0.15, 0.2) is 0 Å². The summed E-state index contributed by atoms with van der Waals surface area (Å²) >= 11 is 0. The van der Waals surface area contributed by atoms with Crippen LogP contribution in [-0.4, -0.2) is 6.54 Å². The fraction of sp³-hybridized carbons (Fsp3) is 0.375. The Bertz CT molecular complexity index is 527. The Hall–Kier alpha value is -1.54. The molecule has 0 aliphatic heterocycles. The second-order valence-electron chi connectivity index (χ2n) is 4.79. The van der Waals surface area contributed by atoms with Gasteiger partial charge in [-0.3, -0.25) is 0 Å². The quantitative estimate of drug-likeness (QED) is 0.759. The zero-order chi connectivity index (χ0) is 13.0. The van der Waals surface area contributed by atoms with Crippen LogP contribution in [-0.2, 0) is 0 Å². The molecule has 0 aliphatic rings. The Morgan fingerprint density at radius 1 is 1.39 bits per heavy atom. The lowest BCUT2D eigenvalue weighted by Gasteiger charge is -2.16. The zero-order valence-corrected chi connectivity index (χ0v) is 11.2. The van der Waals surface area contributed by atoms with E-state index in [0.717, 1.165) is 25.0 Å². The molecule has 2 heteroatoms. The molecule has 0 fully saturated rings. The maximum atomic E-state index is 5.62. The normalized spacial score (nSPS) is 12.8. The van der Waals surface area contributed by atoms with Crippen LogP contribution in [0.25, 0.3) is 11.0 Å². The van der Waals surface area contributed by atoms with Crippen LogP contribution >= 0.6 is 0 Å². The fourth-order valence-corrected chi connectivity index (χ4v) is 2.27. The van der Waals surface area contributed by atoms with Crippen molar-refractivity contribution in [1.29, 1.82) is 0 Å². The summed E-state index contributed by atoms with van der Waals surface area (Å²) in [6.45, 7) is 9.15. The molecule has 1 aromatic heterocycles. The van der Waals surface area contributed by atoms with Crippen LogP contribution in [0.1, 0.15) is 38.3 Å². The van der Waals surface area contributed by atoms with E-state index in [-0.39, 0.29) is 0 Å². The molecule has 18 heavy (non-hydrogen) atoms. The molecular formula is C16H21NO. The number of hydrogen-bond acceptors (Lipinski definition) is 2. The van der Waals surface area contributed by atoms with Gasteiger partial charge in [0.25, 0.3) is 0 Å². The smallest absolute Gasteiger partial charge is 0.134 e. The third-order valence-corrected chi connectivity index (χ3v) is 3.20. The van der Waals surface area contributed by atoms with Crippen LogP contribution in [0.3, 0.4) is 0 Å². The molecule has 0 saturated carbocycles. The summed E-state index contributed by atoms with van der Waals surface area (Å²) in [6, 6.07) is 8.55. The summed E-state index contributed by atoms with van der Waals surface area (Å²) in [5.74, 6) is 0. The van der Waals surface area contributed by atoms with Gasteiger partial charge in [-0.25, -0.2) is 0 Å². The van der Waals surface area contributed by atoms with Crippen molar-refractivity contribution in [2.45, 2.75) is 32.7 Å². The predicted octanol–water partition coefficient (Wildman–Crippen LogP) is 4.44. The Balaban J connectivity index is 2.26. The number of furan rings is 1. The maximum Gasteiger partial charge on any atom is 0.134 e. The van der Waals surface area contributed by atoms with Crippen molar-refractivity contribution in [2.24, 2.45) is 0 Å². The van der Waals surface area contributed by atoms with Crippen LogP contribution < -0.4 is 5.32 Å². The second kappa shape index (κ2) is 5.87. The highest BCUT2D eigenvalue weighted by atomic mass is 16.3. The first-order valence-corrected chi connectivity index (χ1v) is 6.56. The number of benzene rings is 1. The van der Waals surface area contributed by atoms with Gasteiger partial charge in [-0.15, -0.1) is 6.58 Å². The van der Waals surface area contributed by atoms with E-state index in [0.29, 0.717) is 6.04 Å². The van der Waals surface area contributed by atoms with Crippen molar-refractivity contribution < 1.29 is 4.42 Å². The van der Waals surface area contributed by atoms with Crippen molar-refractivity contribution in [1.82, 2.24) is 5.32 Å². The van der Waals surface area contributed by atoms with Gasteiger partial charge in [0.05, 0.1) is 6.26 Å². The van der Waals surface area contributed by atoms with Gasteiger partial charge in [-0.1, -0.05) is 30.7 Å². The molecule has 0 amide bonds. The summed E-state index contributed by atoms with van der Waals surface area (Å²) < 4.78 is 5.62. The predicted molar refractivity (Wildman–Crippen MR) is 76.7 cm³/mol. The van der Waals surface area contributed by atoms with Crippen molar-refractivity contribution in [3.05, 3.63) is 48.2 Å². The van der Waals surface area contributed by atoms with E-state index < -0.39 is 0 Å². The molecule has 2 rings (SSSR count). The van der Waals surface area contributed by atoms with E-state index in [4.69, 9.17) is 4.42 Å². The molecular weight excluding hydrogens is 222 g/mol. The average Bonchev–Trinajstić information content (AvgIpc) is 2.78. The van der Waals surface area contributed by atoms with Crippen LogP contribution in [0.2, 0.25) is 0 Å². The van der Waals surface area contributed by atoms with Crippen molar-refractivity contribution in [2.75, 3.05) is 6.54 Å². The summed E-state index contributed by atoms with van der Waals surface area (Å²) in [6.07, 6.45) is 3.99. The summed E-state index contributed by atoms with van der Waals surface area (Å²) in [4.78, 5) is 0. The molecule has 0 aliphatic carbocycles. The van der Waals surface area contributed by atoms with Crippen LogP contribution in [0, 0.1) is 0 Å². The number of para-hydroxylation sites is 1. The Morgan fingerprint density at radius 3 is 2.89 bits per heavy atom. The molecule has 0 radical (unpaired) electrons. The minimum Gasteiger partial charge on any atom is -0.464 e. The van der Waals surface area contributed by atoms with E-state index in [1.54, 1.807) is 0 Å². The van der Waals surface area contributed by atoms with Gasteiger partial charge in [0.1, 0.15) is 5.58 Å². The van der Waals surface area contributed by atoms with Gasteiger partial charge < -0.3 is 9.73 Å². The van der Waals surface area contributed by atoms with Gasteiger partial charge in [-0.05, 0) is 32.4 Å². The third-order valence-electron chi connectivity index (χ3n) is 3.20. The zero-order valence-electron chi connectivity index (χ0n) is 11.2. The standard InChI is InChI=1S/C16H21NO/c1-4-17-15(10-9-12(2)3)14-11-18-16-8-6-5-7-13(14)16/h5-8,11,15,17H,2,4,9-10H2,1,3H3. The van der Waals surface area contributed by atoms with Crippen LogP contribution in [0.5, 0.6) is 0 Å². The van der Waals surface area contributed by atoms with E-state index in [9.17, 15) is 0 Å². The fourth-order valence-electron chi connectivity index (χ4n) is 2.27. The Morgan fingerprint density at radius 2 is 2.17 bits per heavy atom. The molecule has 1 unspecified atom stereocenters. The first-order chi connectivity index (χ1) is 8.72. The van der Waals surface area contributed by atoms with Crippen molar-refractivity contribution >= 4 is 11.0 Å². The number of hydrogen-bond donors (Lipinski definition) is 1. The molecule has 2 aromatic rings. The molecule has 0 spiro atoms. The lowest BCUT2D eigenvalue weighted by Crippen LogP contribution is -2.20. The number of allylic oxidation sites excluding steroid dienone is 1. The monoisotopic (exact) mass is 243 g/mol. The second-order valence-corrected chi connectivity index (χ2v) is 4.79. The van der Waals surface area contributed by atoms with Crippen molar-refractivity contribution in [3.8, 4) is 0 Å². The number of rotatable bonds is 6. The molecule has 1 N–H and O–H groups in total. The summed E-state index contributed by atoms with van der Waals surface area (Å²) in [7, 11) is 0. The van der Waals surface area contributed by atoms with Gasteiger partial charge in [0.2, 0.25) is 0 Å². The molecule has 1 atom stereocenters. The van der Waals surface area contributed by atoms with E-state index in [1.807, 2.05) is 18.4 Å². The average molecular weight is 243 g/mol. The lowest BCUT2D eigenvalue weighted by atomic mass is 9.99. The van der Waals surface area contributed by atoms with Gasteiger partial charge in [-0.2, -0.15) is 0 Å².